The van der Waals surface area contributed by atoms with Gasteiger partial charge in [0.15, 0.2) is 5.82 Å². The summed E-state index contributed by atoms with van der Waals surface area (Å²) in [5.74, 6) is 1.25. The number of aromatic carboxylic acids is 1. The van der Waals surface area contributed by atoms with Crippen LogP contribution in [0.3, 0.4) is 0 Å². The molecule has 1 amide bonds. The number of carboxylic acids is 1. The van der Waals surface area contributed by atoms with Crippen LogP contribution in [0.25, 0.3) is 0 Å². The quantitative estimate of drug-likeness (QED) is 0.826. The molecule has 24 heavy (non-hydrogen) atoms. The number of carbonyl (C=O) groups excluding carboxylic acids is 1. The van der Waals surface area contributed by atoms with E-state index in [1.54, 1.807) is 14.0 Å². The molecule has 8 nitrogen and oxygen atoms in total. The SMILES string of the molecule is Cc1oc(CN(C)C(=O)CCc2nc(C3CC3)no2)cc1C(=O)O. The van der Waals surface area contributed by atoms with Gasteiger partial charge in [-0.3, -0.25) is 4.79 Å². The molecule has 3 rings (SSSR count). The molecule has 0 spiro atoms. The second kappa shape index (κ2) is 6.46. The Morgan fingerprint density at radius 2 is 2.17 bits per heavy atom. The van der Waals surface area contributed by atoms with Gasteiger partial charge in [0.05, 0.1) is 6.54 Å². The highest BCUT2D eigenvalue weighted by molar-refractivity contribution is 5.88. The highest BCUT2D eigenvalue weighted by Crippen LogP contribution is 2.38. The Balaban J connectivity index is 1.52. The van der Waals surface area contributed by atoms with Gasteiger partial charge in [-0.2, -0.15) is 4.98 Å². The topological polar surface area (TPSA) is 110 Å². The number of amides is 1. The molecule has 2 heterocycles. The summed E-state index contributed by atoms with van der Waals surface area (Å²) in [5, 5.41) is 12.9. The number of furan rings is 1. The minimum absolute atomic E-state index is 0.105. The first kappa shape index (κ1) is 16.2. The Hall–Kier alpha value is -2.64. The van der Waals surface area contributed by atoms with Crippen LogP contribution in [0.5, 0.6) is 0 Å². The zero-order valence-electron chi connectivity index (χ0n) is 13.6. The smallest absolute Gasteiger partial charge is 0.339 e. The van der Waals surface area contributed by atoms with Crippen LogP contribution in [-0.2, 0) is 17.8 Å². The van der Waals surface area contributed by atoms with Gasteiger partial charge in [0.25, 0.3) is 0 Å². The zero-order chi connectivity index (χ0) is 17.3. The van der Waals surface area contributed by atoms with Crippen molar-refractivity contribution in [2.45, 2.75) is 45.1 Å². The molecule has 0 radical (unpaired) electrons. The predicted molar refractivity (Wildman–Crippen MR) is 81.5 cm³/mol. The summed E-state index contributed by atoms with van der Waals surface area (Å²) in [6.07, 6.45) is 2.83. The van der Waals surface area contributed by atoms with E-state index in [1.807, 2.05) is 0 Å². The van der Waals surface area contributed by atoms with E-state index in [4.69, 9.17) is 14.0 Å². The Morgan fingerprint density at radius 3 is 2.79 bits per heavy atom. The molecule has 1 N–H and O–H groups in total. The van der Waals surface area contributed by atoms with Crippen LogP contribution in [0.4, 0.5) is 0 Å². The number of carbonyl (C=O) groups is 2. The lowest BCUT2D eigenvalue weighted by molar-refractivity contribution is -0.130. The normalized spacial score (nSPS) is 13.9. The third-order valence-corrected chi connectivity index (χ3v) is 4.00. The Kier molecular flexibility index (Phi) is 4.37. The second-order valence-corrected chi connectivity index (χ2v) is 6.06. The summed E-state index contributed by atoms with van der Waals surface area (Å²) < 4.78 is 10.5. The lowest BCUT2D eigenvalue weighted by Crippen LogP contribution is -2.26. The van der Waals surface area contributed by atoms with E-state index in [1.165, 1.54) is 11.0 Å². The molecule has 0 aliphatic heterocycles. The summed E-state index contributed by atoms with van der Waals surface area (Å²) in [5.41, 5.74) is 0.115. The first-order valence-corrected chi connectivity index (χ1v) is 7.83. The van der Waals surface area contributed by atoms with Crippen molar-refractivity contribution in [3.63, 3.8) is 0 Å². The van der Waals surface area contributed by atoms with Crippen LogP contribution in [0.2, 0.25) is 0 Å². The van der Waals surface area contributed by atoms with E-state index in [0.29, 0.717) is 29.7 Å². The van der Waals surface area contributed by atoms with Crippen LogP contribution in [0, 0.1) is 6.92 Å². The molecule has 8 heteroatoms. The summed E-state index contributed by atoms with van der Waals surface area (Å²) in [4.78, 5) is 29.0. The van der Waals surface area contributed by atoms with E-state index in [9.17, 15) is 9.59 Å². The number of aromatic nitrogens is 2. The average Bonchev–Trinajstić information content (AvgIpc) is 3.16. The maximum absolute atomic E-state index is 12.2. The highest BCUT2D eigenvalue weighted by atomic mass is 16.5. The number of nitrogens with zero attached hydrogens (tertiary/aromatic N) is 3. The van der Waals surface area contributed by atoms with Crippen molar-refractivity contribution in [2.24, 2.45) is 0 Å². The molecule has 128 valence electrons. The van der Waals surface area contributed by atoms with E-state index >= 15 is 0 Å². The summed E-state index contributed by atoms with van der Waals surface area (Å²) in [7, 11) is 1.64. The highest BCUT2D eigenvalue weighted by Gasteiger charge is 2.28. The van der Waals surface area contributed by atoms with Gasteiger partial charge in [0.1, 0.15) is 17.1 Å². The largest absolute Gasteiger partial charge is 0.478 e. The van der Waals surface area contributed by atoms with E-state index in [-0.39, 0.29) is 24.4 Å². The summed E-state index contributed by atoms with van der Waals surface area (Å²) in [6, 6.07) is 1.45. The molecule has 1 aliphatic rings. The minimum Gasteiger partial charge on any atom is -0.478 e. The molecule has 0 unspecified atom stereocenters. The van der Waals surface area contributed by atoms with Crippen LogP contribution >= 0.6 is 0 Å². The van der Waals surface area contributed by atoms with Crippen LogP contribution < -0.4 is 0 Å². The van der Waals surface area contributed by atoms with Crippen LogP contribution in [-0.4, -0.2) is 39.1 Å². The lowest BCUT2D eigenvalue weighted by Gasteiger charge is -2.14. The molecule has 2 aromatic heterocycles. The van der Waals surface area contributed by atoms with Gasteiger partial charge in [-0.1, -0.05) is 5.16 Å². The first-order valence-electron chi connectivity index (χ1n) is 7.83. The molecule has 0 saturated heterocycles. The Morgan fingerprint density at radius 1 is 1.42 bits per heavy atom. The number of rotatable bonds is 7. The van der Waals surface area contributed by atoms with Gasteiger partial charge < -0.3 is 18.9 Å². The van der Waals surface area contributed by atoms with Gasteiger partial charge in [0, 0.05) is 25.8 Å². The van der Waals surface area contributed by atoms with E-state index in [0.717, 1.165) is 18.7 Å². The maximum atomic E-state index is 12.2. The molecular formula is C16H19N3O5. The summed E-state index contributed by atoms with van der Waals surface area (Å²) in [6.45, 7) is 1.80. The standard InChI is InChI=1S/C16H19N3O5/c1-9-12(16(21)22)7-11(23-9)8-19(2)14(20)6-5-13-17-15(18-24-13)10-3-4-10/h7,10H,3-6,8H2,1-2H3,(H,21,22). The van der Waals surface area contributed by atoms with Crippen molar-refractivity contribution < 1.29 is 23.6 Å². The maximum Gasteiger partial charge on any atom is 0.339 e. The third-order valence-electron chi connectivity index (χ3n) is 4.00. The van der Waals surface area contributed by atoms with Crippen LogP contribution in [0.15, 0.2) is 15.0 Å². The van der Waals surface area contributed by atoms with Gasteiger partial charge in [-0.15, -0.1) is 0 Å². The molecule has 1 fully saturated rings. The lowest BCUT2D eigenvalue weighted by atomic mass is 10.2. The number of hydrogen-bond donors (Lipinski definition) is 1. The molecular weight excluding hydrogens is 314 g/mol. The fraction of sp³-hybridized carbons (Fsp3) is 0.500. The van der Waals surface area contributed by atoms with Crippen molar-refractivity contribution in [3.05, 3.63) is 34.9 Å². The molecule has 1 saturated carbocycles. The second-order valence-electron chi connectivity index (χ2n) is 6.06. The van der Waals surface area contributed by atoms with Gasteiger partial charge in [-0.25, -0.2) is 4.79 Å². The van der Waals surface area contributed by atoms with Crippen molar-refractivity contribution >= 4 is 11.9 Å². The number of aryl methyl sites for hydroxylation is 2. The van der Waals surface area contributed by atoms with Gasteiger partial charge in [-0.05, 0) is 25.8 Å². The molecule has 0 bridgehead atoms. The van der Waals surface area contributed by atoms with Gasteiger partial charge >= 0.3 is 5.97 Å². The van der Waals surface area contributed by atoms with Crippen molar-refractivity contribution in [2.75, 3.05) is 7.05 Å². The van der Waals surface area contributed by atoms with Gasteiger partial charge in [0.2, 0.25) is 11.8 Å². The van der Waals surface area contributed by atoms with Crippen molar-refractivity contribution in [1.29, 1.82) is 0 Å². The minimum atomic E-state index is -1.04. The van der Waals surface area contributed by atoms with Crippen molar-refractivity contribution in [3.8, 4) is 0 Å². The summed E-state index contributed by atoms with van der Waals surface area (Å²) >= 11 is 0. The average molecular weight is 333 g/mol. The number of carboxylic acid groups (broad SMARTS) is 1. The predicted octanol–water partition coefficient (Wildman–Crippen LogP) is 2.14. The molecule has 1 aliphatic carbocycles. The zero-order valence-corrected chi connectivity index (χ0v) is 13.6. The fourth-order valence-electron chi connectivity index (χ4n) is 2.44. The Bertz CT molecular complexity index is 760. The fourth-order valence-corrected chi connectivity index (χ4v) is 2.44. The molecule has 0 aromatic carbocycles. The molecule has 0 atom stereocenters. The third kappa shape index (κ3) is 3.64. The van der Waals surface area contributed by atoms with Crippen molar-refractivity contribution in [1.82, 2.24) is 15.0 Å². The van der Waals surface area contributed by atoms with Crippen LogP contribution in [0.1, 0.15) is 58.8 Å². The monoisotopic (exact) mass is 333 g/mol. The van der Waals surface area contributed by atoms with E-state index < -0.39 is 5.97 Å². The number of hydrogen-bond acceptors (Lipinski definition) is 6. The Labute approximate surface area is 138 Å². The van der Waals surface area contributed by atoms with E-state index in [2.05, 4.69) is 10.1 Å². The molecule has 2 aromatic rings. The first-order chi connectivity index (χ1) is 11.4.